The summed E-state index contributed by atoms with van der Waals surface area (Å²) in [6.07, 6.45) is 3.35. The molecule has 0 spiro atoms. The Morgan fingerprint density at radius 2 is 2.04 bits per heavy atom. The summed E-state index contributed by atoms with van der Waals surface area (Å²) in [6.45, 7) is 3.38. The van der Waals surface area contributed by atoms with E-state index < -0.39 is 0 Å². The van der Waals surface area contributed by atoms with Gasteiger partial charge in [0.15, 0.2) is 0 Å². The summed E-state index contributed by atoms with van der Waals surface area (Å²) in [6, 6.07) is 9.06. The van der Waals surface area contributed by atoms with Gasteiger partial charge < -0.3 is 9.80 Å². The lowest BCUT2D eigenvalue weighted by molar-refractivity contribution is 0.474. The fourth-order valence-corrected chi connectivity index (χ4v) is 3.22. The molecule has 0 bridgehead atoms. The highest BCUT2D eigenvalue weighted by Crippen LogP contribution is 2.29. The Morgan fingerprint density at radius 1 is 1.29 bits per heavy atom. The maximum atomic E-state index is 14.2. The van der Waals surface area contributed by atoms with Crippen molar-refractivity contribution in [3.05, 3.63) is 47.7 Å². The standard InChI is InChI=1S/C18H20FN5/c1-13-10-17(22-12-21-13)23(2)15-6-8-24(9-7-15)18-14(11-20)4-3-5-16(18)19/h3-5,10,12,15H,6-9H2,1-2H3. The number of halogens is 1. The van der Waals surface area contributed by atoms with Gasteiger partial charge in [0.2, 0.25) is 0 Å². The highest BCUT2D eigenvalue weighted by Gasteiger charge is 2.26. The minimum atomic E-state index is -0.327. The number of nitrogens with zero attached hydrogens (tertiary/aromatic N) is 5. The molecule has 1 aromatic carbocycles. The molecule has 0 atom stereocenters. The van der Waals surface area contributed by atoms with Crippen molar-refractivity contribution >= 4 is 11.5 Å². The number of rotatable bonds is 3. The maximum Gasteiger partial charge on any atom is 0.147 e. The van der Waals surface area contributed by atoms with E-state index in [2.05, 4.69) is 20.9 Å². The minimum Gasteiger partial charge on any atom is -0.368 e. The first-order valence-electron chi connectivity index (χ1n) is 8.05. The fraction of sp³-hybridized carbons (Fsp3) is 0.389. The molecule has 24 heavy (non-hydrogen) atoms. The topological polar surface area (TPSA) is 56.0 Å². The summed E-state index contributed by atoms with van der Waals surface area (Å²) in [5.74, 6) is 0.580. The van der Waals surface area contributed by atoms with Crippen LogP contribution in [-0.4, -0.2) is 36.1 Å². The van der Waals surface area contributed by atoms with Crippen LogP contribution in [0.4, 0.5) is 15.9 Å². The molecule has 0 amide bonds. The number of piperidine rings is 1. The van der Waals surface area contributed by atoms with Crippen molar-refractivity contribution in [3.63, 3.8) is 0 Å². The first-order chi connectivity index (χ1) is 11.6. The largest absolute Gasteiger partial charge is 0.368 e. The van der Waals surface area contributed by atoms with E-state index in [4.69, 9.17) is 0 Å². The van der Waals surface area contributed by atoms with Crippen LogP contribution in [0.2, 0.25) is 0 Å². The van der Waals surface area contributed by atoms with Crippen molar-refractivity contribution in [2.24, 2.45) is 0 Å². The van der Waals surface area contributed by atoms with Gasteiger partial charge in [-0.3, -0.25) is 0 Å². The highest BCUT2D eigenvalue weighted by atomic mass is 19.1. The van der Waals surface area contributed by atoms with E-state index in [-0.39, 0.29) is 5.82 Å². The molecule has 0 unspecified atom stereocenters. The van der Waals surface area contributed by atoms with Crippen molar-refractivity contribution in [1.82, 2.24) is 9.97 Å². The number of benzene rings is 1. The van der Waals surface area contributed by atoms with Crippen LogP contribution in [-0.2, 0) is 0 Å². The molecule has 2 aromatic rings. The van der Waals surface area contributed by atoms with Crippen LogP contribution in [0.3, 0.4) is 0 Å². The second-order valence-electron chi connectivity index (χ2n) is 6.09. The molecular formula is C18H20FN5. The Balaban J connectivity index is 1.72. The van der Waals surface area contributed by atoms with Crippen molar-refractivity contribution in [1.29, 1.82) is 5.26 Å². The van der Waals surface area contributed by atoms with Crippen molar-refractivity contribution in [2.75, 3.05) is 29.9 Å². The molecule has 2 heterocycles. The second kappa shape index (κ2) is 6.83. The predicted molar refractivity (Wildman–Crippen MR) is 91.5 cm³/mol. The van der Waals surface area contributed by atoms with Gasteiger partial charge in [-0.15, -0.1) is 0 Å². The van der Waals surface area contributed by atoms with Gasteiger partial charge in [0, 0.05) is 37.9 Å². The van der Waals surface area contributed by atoms with E-state index >= 15 is 0 Å². The number of anilines is 2. The molecule has 0 aliphatic carbocycles. The van der Waals surface area contributed by atoms with E-state index in [1.54, 1.807) is 18.5 Å². The third kappa shape index (κ3) is 3.16. The quantitative estimate of drug-likeness (QED) is 0.868. The number of hydrogen-bond acceptors (Lipinski definition) is 5. The summed E-state index contributed by atoms with van der Waals surface area (Å²) in [5, 5.41) is 9.22. The molecular weight excluding hydrogens is 305 g/mol. The number of para-hydroxylation sites is 1. The Hall–Kier alpha value is -2.68. The lowest BCUT2D eigenvalue weighted by Crippen LogP contribution is -2.44. The lowest BCUT2D eigenvalue weighted by atomic mass is 10.0. The van der Waals surface area contributed by atoms with E-state index in [1.807, 2.05) is 24.9 Å². The summed E-state index contributed by atoms with van der Waals surface area (Å²) >= 11 is 0. The van der Waals surface area contributed by atoms with Crippen LogP contribution in [0.1, 0.15) is 24.1 Å². The van der Waals surface area contributed by atoms with E-state index in [0.717, 1.165) is 24.4 Å². The first kappa shape index (κ1) is 16.2. The zero-order valence-corrected chi connectivity index (χ0v) is 13.9. The normalized spacial score (nSPS) is 15.2. The van der Waals surface area contributed by atoms with Crippen molar-refractivity contribution < 1.29 is 4.39 Å². The molecule has 1 fully saturated rings. The maximum absolute atomic E-state index is 14.2. The molecule has 1 aromatic heterocycles. The van der Waals surface area contributed by atoms with Crippen LogP contribution in [0, 0.1) is 24.1 Å². The van der Waals surface area contributed by atoms with Crippen LogP contribution < -0.4 is 9.80 Å². The third-order valence-electron chi connectivity index (χ3n) is 4.59. The first-order valence-corrected chi connectivity index (χ1v) is 8.05. The summed E-state index contributed by atoms with van der Waals surface area (Å²) < 4.78 is 14.2. The second-order valence-corrected chi connectivity index (χ2v) is 6.09. The average Bonchev–Trinajstić information content (AvgIpc) is 2.61. The number of aromatic nitrogens is 2. The highest BCUT2D eigenvalue weighted by molar-refractivity contribution is 5.60. The monoisotopic (exact) mass is 325 g/mol. The van der Waals surface area contributed by atoms with Gasteiger partial charge in [0.05, 0.1) is 11.3 Å². The van der Waals surface area contributed by atoms with Gasteiger partial charge in [0.25, 0.3) is 0 Å². The van der Waals surface area contributed by atoms with Gasteiger partial charge >= 0.3 is 0 Å². The lowest BCUT2D eigenvalue weighted by Gasteiger charge is -2.38. The van der Waals surface area contributed by atoms with Crippen LogP contribution >= 0.6 is 0 Å². The van der Waals surface area contributed by atoms with E-state index in [9.17, 15) is 9.65 Å². The smallest absolute Gasteiger partial charge is 0.147 e. The Kier molecular flexibility index (Phi) is 4.61. The summed E-state index contributed by atoms with van der Waals surface area (Å²) in [7, 11) is 2.03. The SMILES string of the molecule is Cc1cc(N(C)C2CCN(c3c(F)cccc3C#N)CC2)ncn1. The molecule has 3 rings (SSSR count). The third-order valence-corrected chi connectivity index (χ3v) is 4.59. The molecule has 1 aliphatic rings. The molecule has 6 heteroatoms. The van der Waals surface area contributed by atoms with Crippen LogP contribution in [0.15, 0.2) is 30.6 Å². The molecule has 1 saturated heterocycles. The minimum absolute atomic E-state index is 0.327. The van der Waals surface area contributed by atoms with Gasteiger partial charge in [0.1, 0.15) is 24.0 Å². The van der Waals surface area contributed by atoms with Gasteiger partial charge in [-0.1, -0.05) is 6.07 Å². The predicted octanol–water partition coefficient (Wildman–Crippen LogP) is 2.90. The zero-order valence-electron chi connectivity index (χ0n) is 13.9. The number of hydrogen-bond donors (Lipinski definition) is 0. The fourth-order valence-electron chi connectivity index (χ4n) is 3.22. The number of aryl methyl sites for hydroxylation is 1. The van der Waals surface area contributed by atoms with Crippen LogP contribution in [0.5, 0.6) is 0 Å². The van der Waals surface area contributed by atoms with Gasteiger partial charge in [-0.05, 0) is 31.9 Å². The van der Waals surface area contributed by atoms with E-state index in [1.165, 1.54) is 6.07 Å². The Labute approximate surface area is 141 Å². The van der Waals surface area contributed by atoms with Crippen molar-refractivity contribution in [3.8, 4) is 6.07 Å². The Morgan fingerprint density at radius 3 is 2.71 bits per heavy atom. The van der Waals surface area contributed by atoms with Crippen LogP contribution in [0.25, 0.3) is 0 Å². The zero-order chi connectivity index (χ0) is 17.1. The molecule has 5 nitrogen and oxygen atoms in total. The molecule has 0 N–H and O–H groups in total. The van der Waals surface area contributed by atoms with Crippen molar-refractivity contribution in [2.45, 2.75) is 25.8 Å². The average molecular weight is 325 g/mol. The summed E-state index contributed by atoms with van der Waals surface area (Å²) in [5.41, 5.74) is 1.77. The summed E-state index contributed by atoms with van der Waals surface area (Å²) in [4.78, 5) is 12.6. The van der Waals surface area contributed by atoms with E-state index in [0.29, 0.717) is 30.4 Å². The van der Waals surface area contributed by atoms with Gasteiger partial charge in [-0.25, -0.2) is 14.4 Å². The molecule has 124 valence electrons. The molecule has 1 aliphatic heterocycles. The number of nitriles is 1. The Bertz CT molecular complexity index is 762. The van der Waals surface area contributed by atoms with Gasteiger partial charge in [-0.2, -0.15) is 5.26 Å². The molecule has 0 saturated carbocycles. The molecule has 0 radical (unpaired) electrons.